The lowest BCUT2D eigenvalue weighted by molar-refractivity contribution is -0.139. The molecule has 0 aromatic carbocycles. The summed E-state index contributed by atoms with van der Waals surface area (Å²) < 4.78 is 4.48. The highest BCUT2D eigenvalue weighted by Crippen LogP contribution is 2.14. The van der Waals surface area contributed by atoms with Crippen LogP contribution < -0.4 is 0 Å². The molecule has 0 bridgehead atoms. The van der Waals surface area contributed by atoms with Crippen molar-refractivity contribution in [1.82, 2.24) is 0 Å². The van der Waals surface area contributed by atoms with Crippen LogP contribution in [0.3, 0.4) is 0 Å². The molecular formula is C6H9NO2S. The van der Waals surface area contributed by atoms with Crippen LogP contribution in [0.5, 0.6) is 0 Å². The first-order chi connectivity index (χ1) is 4.83. The average molecular weight is 159 g/mol. The van der Waals surface area contributed by atoms with E-state index in [4.69, 9.17) is 0 Å². The molecule has 0 amide bonds. The zero-order valence-corrected chi connectivity index (χ0v) is 6.61. The third kappa shape index (κ3) is 2.02. The van der Waals surface area contributed by atoms with E-state index < -0.39 is 0 Å². The average Bonchev–Trinajstić information content (AvgIpc) is 2.40. The molecule has 0 aliphatic carbocycles. The molecule has 0 aromatic rings. The van der Waals surface area contributed by atoms with Gasteiger partial charge in [0.05, 0.1) is 18.6 Å². The Morgan fingerprint density at radius 2 is 2.70 bits per heavy atom. The van der Waals surface area contributed by atoms with Gasteiger partial charge < -0.3 is 4.74 Å². The maximum atomic E-state index is 10.7. The maximum absolute atomic E-state index is 10.7. The number of thioether (sulfide) groups is 1. The predicted molar refractivity (Wildman–Crippen MR) is 41.4 cm³/mol. The Morgan fingerprint density at radius 1 is 1.90 bits per heavy atom. The van der Waals surface area contributed by atoms with E-state index in [9.17, 15) is 4.79 Å². The highest BCUT2D eigenvalue weighted by Gasteiger charge is 2.11. The Bertz CT molecular complexity index is 167. The zero-order valence-electron chi connectivity index (χ0n) is 5.79. The Hall–Kier alpha value is -0.510. The fourth-order valence-electron chi connectivity index (χ4n) is 0.682. The molecule has 0 radical (unpaired) electrons. The monoisotopic (exact) mass is 159 g/mol. The van der Waals surface area contributed by atoms with Gasteiger partial charge in [-0.3, -0.25) is 9.79 Å². The van der Waals surface area contributed by atoms with Crippen LogP contribution in [-0.2, 0) is 9.53 Å². The Kier molecular flexibility index (Phi) is 2.74. The van der Waals surface area contributed by atoms with Gasteiger partial charge in [-0.25, -0.2) is 0 Å². The molecule has 1 aliphatic heterocycles. The molecular weight excluding hydrogens is 150 g/mol. The minimum absolute atomic E-state index is 0.201. The van der Waals surface area contributed by atoms with Crippen LogP contribution in [0.4, 0.5) is 0 Å². The normalized spacial score (nSPS) is 16.7. The fourth-order valence-corrected chi connectivity index (χ4v) is 1.50. The molecule has 0 saturated heterocycles. The van der Waals surface area contributed by atoms with E-state index in [1.165, 1.54) is 7.11 Å². The van der Waals surface area contributed by atoms with Gasteiger partial charge in [-0.05, 0) is 0 Å². The van der Waals surface area contributed by atoms with Crippen molar-refractivity contribution in [2.24, 2.45) is 4.99 Å². The van der Waals surface area contributed by atoms with Crippen molar-refractivity contribution in [3.8, 4) is 0 Å². The molecule has 4 heteroatoms. The van der Waals surface area contributed by atoms with Gasteiger partial charge in [0.15, 0.2) is 0 Å². The number of carbonyl (C=O) groups is 1. The summed E-state index contributed by atoms with van der Waals surface area (Å²) in [5.74, 6) is 0.805. The summed E-state index contributed by atoms with van der Waals surface area (Å²) in [6, 6.07) is 0. The number of esters is 1. The molecule has 10 heavy (non-hydrogen) atoms. The maximum Gasteiger partial charge on any atom is 0.312 e. The van der Waals surface area contributed by atoms with Gasteiger partial charge in [0.2, 0.25) is 0 Å². The topological polar surface area (TPSA) is 38.7 Å². The molecule has 1 heterocycles. The molecule has 3 nitrogen and oxygen atoms in total. The molecule has 0 saturated carbocycles. The number of aliphatic imine (C=N–C) groups is 1. The van der Waals surface area contributed by atoms with Crippen LogP contribution in [0.25, 0.3) is 0 Å². The largest absolute Gasteiger partial charge is 0.469 e. The minimum Gasteiger partial charge on any atom is -0.469 e. The van der Waals surface area contributed by atoms with Crippen LogP contribution in [0.2, 0.25) is 0 Å². The molecule has 0 aromatic heterocycles. The minimum atomic E-state index is -0.201. The van der Waals surface area contributed by atoms with Crippen molar-refractivity contribution in [1.29, 1.82) is 0 Å². The quantitative estimate of drug-likeness (QED) is 0.556. The highest BCUT2D eigenvalue weighted by molar-refractivity contribution is 8.14. The molecule has 0 N–H and O–H groups in total. The summed E-state index contributed by atoms with van der Waals surface area (Å²) in [5.41, 5.74) is 0. The molecule has 0 atom stereocenters. The van der Waals surface area contributed by atoms with Gasteiger partial charge in [0.25, 0.3) is 0 Å². The third-order valence-electron chi connectivity index (χ3n) is 1.17. The van der Waals surface area contributed by atoms with E-state index in [1.54, 1.807) is 11.8 Å². The van der Waals surface area contributed by atoms with E-state index in [0.29, 0.717) is 6.42 Å². The summed E-state index contributed by atoms with van der Waals surface area (Å²) in [7, 11) is 1.39. The third-order valence-corrected chi connectivity index (χ3v) is 2.16. The summed E-state index contributed by atoms with van der Waals surface area (Å²) >= 11 is 1.64. The van der Waals surface area contributed by atoms with Crippen molar-refractivity contribution in [3.05, 3.63) is 0 Å². The van der Waals surface area contributed by atoms with Crippen LogP contribution >= 0.6 is 11.8 Å². The number of ether oxygens (including phenoxy) is 1. The lowest BCUT2D eigenvalue weighted by Gasteiger charge is -1.95. The van der Waals surface area contributed by atoms with Crippen molar-refractivity contribution < 1.29 is 9.53 Å². The number of hydrogen-bond donors (Lipinski definition) is 0. The van der Waals surface area contributed by atoms with Crippen LogP contribution in [-0.4, -0.2) is 30.4 Å². The molecule has 56 valence electrons. The van der Waals surface area contributed by atoms with E-state index >= 15 is 0 Å². The van der Waals surface area contributed by atoms with Gasteiger partial charge in [0.1, 0.15) is 0 Å². The van der Waals surface area contributed by atoms with E-state index in [2.05, 4.69) is 9.73 Å². The summed E-state index contributed by atoms with van der Waals surface area (Å²) in [6.07, 6.45) is 0.348. The first kappa shape index (κ1) is 7.60. The van der Waals surface area contributed by atoms with Crippen molar-refractivity contribution in [3.63, 3.8) is 0 Å². The Labute approximate surface area is 63.9 Å². The smallest absolute Gasteiger partial charge is 0.312 e. The van der Waals surface area contributed by atoms with Crippen molar-refractivity contribution >= 4 is 22.8 Å². The first-order valence-electron chi connectivity index (χ1n) is 3.06. The molecule has 1 aliphatic rings. The van der Waals surface area contributed by atoms with Gasteiger partial charge >= 0.3 is 5.97 Å². The summed E-state index contributed by atoms with van der Waals surface area (Å²) in [4.78, 5) is 14.8. The number of methoxy groups -OCH3 is 1. The number of rotatable bonds is 2. The van der Waals surface area contributed by atoms with Crippen LogP contribution in [0, 0.1) is 0 Å². The van der Waals surface area contributed by atoms with Gasteiger partial charge in [-0.1, -0.05) is 0 Å². The standard InChI is InChI=1S/C6H9NO2S/c1-9-6(8)4-5-7-2-3-10-5/h2-4H2,1H3. The Morgan fingerprint density at radius 3 is 3.20 bits per heavy atom. The Balaban J connectivity index is 2.30. The van der Waals surface area contributed by atoms with E-state index in [-0.39, 0.29) is 5.97 Å². The number of hydrogen-bond acceptors (Lipinski definition) is 4. The second-order valence-corrected chi connectivity index (χ2v) is 3.05. The highest BCUT2D eigenvalue weighted by atomic mass is 32.2. The SMILES string of the molecule is COC(=O)CC1=NCCS1. The van der Waals surface area contributed by atoms with E-state index in [1.807, 2.05) is 0 Å². The molecule has 0 spiro atoms. The van der Waals surface area contributed by atoms with E-state index in [0.717, 1.165) is 17.3 Å². The number of carbonyl (C=O) groups excluding carboxylic acids is 1. The summed E-state index contributed by atoms with van der Waals surface area (Å²) in [6.45, 7) is 0.844. The van der Waals surface area contributed by atoms with Crippen molar-refractivity contribution in [2.75, 3.05) is 19.4 Å². The molecule has 0 unspecified atom stereocenters. The summed E-state index contributed by atoms with van der Waals surface area (Å²) in [5, 5.41) is 0.909. The van der Waals surface area contributed by atoms with Gasteiger partial charge in [-0.2, -0.15) is 0 Å². The van der Waals surface area contributed by atoms with Crippen LogP contribution in [0.1, 0.15) is 6.42 Å². The second kappa shape index (κ2) is 3.61. The van der Waals surface area contributed by atoms with Gasteiger partial charge in [0, 0.05) is 12.3 Å². The molecule has 1 rings (SSSR count). The number of nitrogens with zero attached hydrogens (tertiary/aromatic N) is 1. The lowest BCUT2D eigenvalue weighted by atomic mass is 10.5. The van der Waals surface area contributed by atoms with Crippen LogP contribution in [0.15, 0.2) is 4.99 Å². The lowest BCUT2D eigenvalue weighted by Crippen LogP contribution is -2.04. The predicted octanol–water partition coefficient (Wildman–Crippen LogP) is 0.695. The second-order valence-electron chi connectivity index (χ2n) is 1.88. The fraction of sp³-hybridized carbons (Fsp3) is 0.667. The molecule has 0 fully saturated rings. The zero-order chi connectivity index (χ0) is 7.40. The van der Waals surface area contributed by atoms with Gasteiger partial charge in [-0.15, -0.1) is 11.8 Å². The van der Waals surface area contributed by atoms with Crippen molar-refractivity contribution in [2.45, 2.75) is 6.42 Å². The first-order valence-corrected chi connectivity index (χ1v) is 4.04.